The minimum Gasteiger partial charge on any atom is -0.462 e. The lowest BCUT2D eigenvalue weighted by Gasteiger charge is -2.34. The second-order valence-electron chi connectivity index (χ2n) is 5.81. The number of hydrogen-bond acceptors (Lipinski definition) is 7. The second-order valence-corrected chi connectivity index (χ2v) is 6.12. The molecule has 0 bridgehead atoms. The average molecular weight is 375 g/mol. The maximum atomic E-state index is 12.4. The SMILES string of the molecule is C=CC(=O)OCCOC(=O)C1(C)CCC=CC1C(=O)OCC(O)CCl. The van der Waals surface area contributed by atoms with E-state index in [2.05, 4.69) is 6.58 Å². The molecule has 8 heteroatoms. The fourth-order valence-electron chi connectivity index (χ4n) is 2.36. The van der Waals surface area contributed by atoms with Gasteiger partial charge in [0.2, 0.25) is 0 Å². The van der Waals surface area contributed by atoms with Gasteiger partial charge in [0.1, 0.15) is 25.9 Å². The highest BCUT2D eigenvalue weighted by Crippen LogP contribution is 2.39. The molecule has 0 amide bonds. The third kappa shape index (κ3) is 6.17. The van der Waals surface area contributed by atoms with Gasteiger partial charge in [-0.2, -0.15) is 0 Å². The molecule has 0 aromatic rings. The van der Waals surface area contributed by atoms with Crippen LogP contribution >= 0.6 is 11.6 Å². The number of allylic oxidation sites excluding steroid dienone is 1. The Labute approximate surface area is 151 Å². The van der Waals surface area contributed by atoms with Crippen molar-refractivity contribution in [1.29, 1.82) is 0 Å². The third-order valence-corrected chi connectivity index (χ3v) is 4.25. The van der Waals surface area contributed by atoms with Crippen molar-refractivity contribution in [2.45, 2.75) is 25.9 Å². The Kier molecular flexibility index (Phi) is 8.65. The first-order chi connectivity index (χ1) is 11.8. The van der Waals surface area contributed by atoms with E-state index in [9.17, 15) is 19.5 Å². The van der Waals surface area contributed by atoms with Crippen molar-refractivity contribution in [3.05, 3.63) is 24.8 Å². The molecule has 3 atom stereocenters. The number of alkyl halides is 1. The van der Waals surface area contributed by atoms with E-state index in [-0.39, 0.29) is 25.7 Å². The first-order valence-corrected chi connectivity index (χ1v) is 8.42. The van der Waals surface area contributed by atoms with Gasteiger partial charge < -0.3 is 19.3 Å². The van der Waals surface area contributed by atoms with Crippen LogP contribution in [0.15, 0.2) is 24.8 Å². The number of rotatable bonds is 9. The summed E-state index contributed by atoms with van der Waals surface area (Å²) in [6, 6.07) is 0. The van der Waals surface area contributed by atoms with Gasteiger partial charge in [0, 0.05) is 6.08 Å². The van der Waals surface area contributed by atoms with Crippen LogP contribution in [-0.2, 0) is 28.6 Å². The van der Waals surface area contributed by atoms with E-state index in [1.807, 2.05) is 0 Å². The lowest BCUT2D eigenvalue weighted by atomic mass is 9.70. The Hall–Kier alpha value is -1.86. The molecular weight excluding hydrogens is 352 g/mol. The number of hydrogen-bond donors (Lipinski definition) is 1. The molecule has 1 rings (SSSR count). The molecule has 0 aliphatic heterocycles. The summed E-state index contributed by atoms with van der Waals surface area (Å²) < 4.78 is 14.9. The molecule has 1 aliphatic rings. The van der Waals surface area contributed by atoms with Crippen LogP contribution < -0.4 is 0 Å². The van der Waals surface area contributed by atoms with Crippen molar-refractivity contribution < 1.29 is 33.7 Å². The van der Waals surface area contributed by atoms with Crippen molar-refractivity contribution in [2.75, 3.05) is 25.7 Å². The molecule has 0 aromatic heterocycles. The van der Waals surface area contributed by atoms with Crippen LogP contribution in [0, 0.1) is 11.3 Å². The van der Waals surface area contributed by atoms with Crippen LogP contribution in [0.4, 0.5) is 0 Å². The van der Waals surface area contributed by atoms with E-state index in [1.165, 1.54) is 0 Å². The van der Waals surface area contributed by atoms with Crippen LogP contribution in [0.5, 0.6) is 0 Å². The maximum Gasteiger partial charge on any atom is 0.330 e. The first kappa shape index (κ1) is 21.2. The number of aliphatic hydroxyl groups is 1. The summed E-state index contributed by atoms with van der Waals surface area (Å²) in [7, 11) is 0. The normalized spacial score (nSPS) is 23.4. The Morgan fingerprint density at radius 1 is 1.36 bits per heavy atom. The first-order valence-electron chi connectivity index (χ1n) is 7.89. The molecule has 0 heterocycles. The number of ether oxygens (including phenoxy) is 3. The van der Waals surface area contributed by atoms with Crippen LogP contribution in [-0.4, -0.2) is 54.8 Å². The van der Waals surface area contributed by atoms with E-state index >= 15 is 0 Å². The van der Waals surface area contributed by atoms with Gasteiger partial charge >= 0.3 is 17.9 Å². The van der Waals surface area contributed by atoms with Crippen LogP contribution in [0.25, 0.3) is 0 Å². The van der Waals surface area contributed by atoms with E-state index in [1.54, 1.807) is 19.1 Å². The molecule has 0 spiro atoms. The van der Waals surface area contributed by atoms with Crippen LogP contribution in [0.1, 0.15) is 19.8 Å². The number of esters is 3. The monoisotopic (exact) mass is 374 g/mol. The molecule has 25 heavy (non-hydrogen) atoms. The number of aliphatic hydroxyl groups excluding tert-OH is 1. The molecule has 3 unspecified atom stereocenters. The highest BCUT2D eigenvalue weighted by atomic mass is 35.5. The van der Waals surface area contributed by atoms with Gasteiger partial charge in [0.05, 0.1) is 17.2 Å². The largest absolute Gasteiger partial charge is 0.462 e. The van der Waals surface area contributed by atoms with Crippen molar-refractivity contribution in [3.8, 4) is 0 Å². The zero-order valence-corrected chi connectivity index (χ0v) is 14.9. The quantitative estimate of drug-likeness (QED) is 0.162. The lowest BCUT2D eigenvalue weighted by Crippen LogP contribution is -2.43. The molecule has 7 nitrogen and oxygen atoms in total. The van der Waals surface area contributed by atoms with Gasteiger partial charge in [-0.3, -0.25) is 9.59 Å². The minimum absolute atomic E-state index is 0.0590. The molecular formula is C17H23ClO7. The standard InChI is InChI=1S/C17H23ClO7/c1-3-14(20)23-8-9-24-16(22)17(2)7-5-4-6-13(17)15(21)25-11-12(19)10-18/h3-4,6,12-13,19H,1,5,7-11H2,2H3. The van der Waals surface area contributed by atoms with Crippen LogP contribution in [0.2, 0.25) is 0 Å². The van der Waals surface area contributed by atoms with E-state index in [0.29, 0.717) is 12.8 Å². The summed E-state index contributed by atoms with van der Waals surface area (Å²) in [5.41, 5.74) is -1.10. The summed E-state index contributed by atoms with van der Waals surface area (Å²) >= 11 is 5.46. The average Bonchev–Trinajstić information content (AvgIpc) is 2.62. The number of halogens is 1. The molecule has 1 aliphatic carbocycles. The van der Waals surface area contributed by atoms with Crippen molar-refractivity contribution in [1.82, 2.24) is 0 Å². The topological polar surface area (TPSA) is 99.1 Å². The summed E-state index contributed by atoms with van der Waals surface area (Å²) in [5, 5.41) is 9.39. The number of carbonyl (C=O) groups is 3. The third-order valence-electron chi connectivity index (χ3n) is 3.89. The number of carbonyl (C=O) groups excluding carboxylic acids is 3. The van der Waals surface area contributed by atoms with Crippen molar-refractivity contribution in [3.63, 3.8) is 0 Å². The van der Waals surface area contributed by atoms with Gasteiger partial charge in [-0.25, -0.2) is 4.79 Å². The second kappa shape index (κ2) is 10.2. The lowest BCUT2D eigenvalue weighted by molar-refractivity contribution is -0.169. The van der Waals surface area contributed by atoms with Gasteiger partial charge in [-0.1, -0.05) is 18.7 Å². The maximum absolute atomic E-state index is 12.4. The minimum atomic E-state index is -1.10. The van der Waals surface area contributed by atoms with Gasteiger partial charge in [-0.05, 0) is 19.8 Å². The molecule has 0 fully saturated rings. The van der Waals surface area contributed by atoms with Crippen LogP contribution in [0.3, 0.4) is 0 Å². The molecule has 0 aromatic carbocycles. The Bertz CT molecular complexity index is 531. The fraction of sp³-hybridized carbons (Fsp3) is 0.588. The Morgan fingerprint density at radius 3 is 2.68 bits per heavy atom. The smallest absolute Gasteiger partial charge is 0.330 e. The predicted octanol–water partition coefficient (Wildman–Crippen LogP) is 1.37. The van der Waals surface area contributed by atoms with E-state index in [0.717, 1.165) is 6.08 Å². The summed E-state index contributed by atoms with van der Waals surface area (Å²) in [5.74, 6) is -2.70. The molecule has 0 radical (unpaired) electrons. The highest BCUT2D eigenvalue weighted by Gasteiger charge is 2.47. The molecule has 140 valence electrons. The van der Waals surface area contributed by atoms with E-state index in [4.69, 9.17) is 25.8 Å². The zero-order valence-electron chi connectivity index (χ0n) is 14.1. The van der Waals surface area contributed by atoms with Gasteiger partial charge in [-0.15, -0.1) is 11.6 Å². The fourth-order valence-corrected chi connectivity index (χ4v) is 2.45. The summed E-state index contributed by atoms with van der Waals surface area (Å²) in [6.45, 7) is 4.42. The Balaban J connectivity index is 2.64. The summed E-state index contributed by atoms with van der Waals surface area (Å²) in [6.07, 6.45) is 4.48. The van der Waals surface area contributed by atoms with Gasteiger partial charge in [0.15, 0.2) is 0 Å². The van der Waals surface area contributed by atoms with E-state index < -0.39 is 35.3 Å². The molecule has 0 saturated heterocycles. The molecule has 0 saturated carbocycles. The molecule has 1 N–H and O–H groups in total. The predicted molar refractivity (Wildman–Crippen MR) is 89.8 cm³/mol. The Morgan fingerprint density at radius 2 is 2.04 bits per heavy atom. The highest BCUT2D eigenvalue weighted by molar-refractivity contribution is 6.18. The van der Waals surface area contributed by atoms with Crippen molar-refractivity contribution >= 4 is 29.5 Å². The zero-order chi connectivity index (χ0) is 18.9. The summed E-state index contributed by atoms with van der Waals surface area (Å²) in [4.78, 5) is 35.7. The van der Waals surface area contributed by atoms with Crippen molar-refractivity contribution in [2.24, 2.45) is 11.3 Å². The van der Waals surface area contributed by atoms with Gasteiger partial charge in [0.25, 0.3) is 0 Å².